The topological polar surface area (TPSA) is 15.3 Å². The molecule has 0 bridgehead atoms. The van der Waals surface area contributed by atoms with Crippen molar-refractivity contribution in [2.24, 2.45) is 5.92 Å². The van der Waals surface area contributed by atoms with Crippen LogP contribution in [0.5, 0.6) is 0 Å². The number of nitrogens with zero attached hydrogens (tertiary/aromatic N) is 1. The quantitative estimate of drug-likeness (QED) is 0.811. The maximum absolute atomic E-state index is 3.78. The Kier molecular flexibility index (Phi) is 5.00. The highest BCUT2D eigenvalue weighted by atomic mass is 15.1. The van der Waals surface area contributed by atoms with E-state index >= 15 is 0 Å². The number of hydrogen-bond acceptors (Lipinski definition) is 2. The summed E-state index contributed by atoms with van der Waals surface area (Å²) in [7, 11) is 4.32. The maximum Gasteiger partial charge on any atom is 0.0197 e. The van der Waals surface area contributed by atoms with Crippen LogP contribution in [0.2, 0.25) is 0 Å². The molecule has 0 aliphatic heterocycles. The van der Waals surface area contributed by atoms with Crippen LogP contribution in [0.1, 0.15) is 37.3 Å². The van der Waals surface area contributed by atoms with E-state index < -0.39 is 0 Å². The predicted octanol–water partition coefficient (Wildman–Crippen LogP) is 2.89. The molecule has 0 heterocycles. The molecule has 1 aromatic carbocycles. The minimum Gasteiger partial charge on any atom is -0.312 e. The maximum atomic E-state index is 3.78. The highest BCUT2D eigenvalue weighted by Crippen LogP contribution is 2.34. The van der Waals surface area contributed by atoms with Gasteiger partial charge >= 0.3 is 0 Å². The van der Waals surface area contributed by atoms with E-state index in [4.69, 9.17) is 0 Å². The summed E-state index contributed by atoms with van der Waals surface area (Å²) in [6, 6.07) is 9.47. The van der Waals surface area contributed by atoms with Crippen molar-refractivity contribution < 1.29 is 0 Å². The molecule has 0 radical (unpaired) electrons. The van der Waals surface area contributed by atoms with Gasteiger partial charge in [0.1, 0.15) is 0 Å². The van der Waals surface area contributed by atoms with Crippen molar-refractivity contribution in [3.8, 4) is 0 Å². The summed E-state index contributed by atoms with van der Waals surface area (Å²) in [5.41, 5.74) is 3.10. The van der Waals surface area contributed by atoms with Gasteiger partial charge in [0.05, 0.1) is 0 Å². The van der Waals surface area contributed by atoms with Crippen molar-refractivity contribution >= 4 is 0 Å². The van der Waals surface area contributed by atoms with Crippen molar-refractivity contribution in [1.29, 1.82) is 0 Å². The zero-order valence-electron chi connectivity index (χ0n) is 12.8. The Hall–Kier alpha value is -0.860. The van der Waals surface area contributed by atoms with E-state index in [1.54, 1.807) is 11.1 Å². The summed E-state index contributed by atoms with van der Waals surface area (Å²) >= 11 is 0. The lowest BCUT2D eigenvalue weighted by Gasteiger charge is -2.33. The summed E-state index contributed by atoms with van der Waals surface area (Å²) in [5, 5.41) is 3.78. The number of fused-ring (bicyclic) bond motifs is 1. The van der Waals surface area contributed by atoms with Crippen LogP contribution in [-0.2, 0) is 6.42 Å². The van der Waals surface area contributed by atoms with Gasteiger partial charge < -0.3 is 10.2 Å². The van der Waals surface area contributed by atoms with Crippen LogP contribution in [0.3, 0.4) is 0 Å². The van der Waals surface area contributed by atoms with Crippen molar-refractivity contribution in [3.63, 3.8) is 0 Å². The predicted molar refractivity (Wildman–Crippen MR) is 82.7 cm³/mol. The number of hydrogen-bond donors (Lipinski definition) is 1. The largest absolute Gasteiger partial charge is 0.312 e. The van der Waals surface area contributed by atoms with E-state index in [1.165, 1.54) is 12.8 Å². The van der Waals surface area contributed by atoms with Crippen LogP contribution in [0, 0.1) is 5.92 Å². The second-order valence-corrected chi connectivity index (χ2v) is 6.60. The monoisotopic (exact) mass is 260 g/mol. The zero-order chi connectivity index (χ0) is 13.8. The van der Waals surface area contributed by atoms with Crippen LogP contribution >= 0.6 is 0 Å². The minimum absolute atomic E-state index is 0.614. The van der Waals surface area contributed by atoms with Gasteiger partial charge in [-0.1, -0.05) is 38.1 Å². The third-order valence-electron chi connectivity index (χ3n) is 3.96. The summed E-state index contributed by atoms with van der Waals surface area (Å²) in [4.78, 5) is 2.29. The second-order valence-electron chi connectivity index (χ2n) is 6.60. The Balaban J connectivity index is 1.83. The number of benzene rings is 1. The third-order valence-corrected chi connectivity index (χ3v) is 3.96. The molecule has 1 aromatic rings. The normalized spacial score (nSPS) is 19.4. The molecule has 2 heteroatoms. The molecule has 19 heavy (non-hydrogen) atoms. The van der Waals surface area contributed by atoms with Gasteiger partial charge in [-0.3, -0.25) is 0 Å². The van der Waals surface area contributed by atoms with Gasteiger partial charge in [0.25, 0.3) is 0 Å². The van der Waals surface area contributed by atoms with Gasteiger partial charge in [0.2, 0.25) is 0 Å². The number of likely N-dealkylation sites (N-methyl/N-ethyl adjacent to an activating group) is 1. The second kappa shape index (κ2) is 6.53. The van der Waals surface area contributed by atoms with E-state index in [0.29, 0.717) is 6.04 Å². The Morgan fingerprint density at radius 3 is 2.63 bits per heavy atom. The van der Waals surface area contributed by atoms with Crippen molar-refractivity contribution in [1.82, 2.24) is 10.2 Å². The molecular formula is C17H28N2. The molecule has 0 amide bonds. The first-order chi connectivity index (χ1) is 9.06. The summed E-state index contributed by atoms with van der Waals surface area (Å²) in [5.74, 6) is 1.49. The van der Waals surface area contributed by atoms with Crippen molar-refractivity contribution in [2.75, 3.05) is 27.2 Å². The summed E-state index contributed by atoms with van der Waals surface area (Å²) < 4.78 is 0. The highest BCUT2D eigenvalue weighted by molar-refractivity contribution is 5.40. The fraction of sp³-hybridized carbons (Fsp3) is 0.647. The first-order valence-electron chi connectivity index (χ1n) is 7.52. The first-order valence-corrected chi connectivity index (χ1v) is 7.52. The zero-order valence-corrected chi connectivity index (χ0v) is 12.8. The van der Waals surface area contributed by atoms with Crippen LogP contribution in [0.25, 0.3) is 0 Å². The summed E-state index contributed by atoms with van der Waals surface area (Å²) in [6.07, 6.45) is 2.51. The molecule has 1 aliphatic rings. The van der Waals surface area contributed by atoms with Gasteiger partial charge in [0, 0.05) is 25.0 Å². The van der Waals surface area contributed by atoms with E-state index in [1.807, 2.05) is 0 Å². The van der Waals surface area contributed by atoms with Crippen LogP contribution in [0.4, 0.5) is 0 Å². The average molecular weight is 260 g/mol. The van der Waals surface area contributed by atoms with E-state index in [0.717, 1.165) is 24.9 Å². The molecule has 0 saturated heterocycles. The van der Waals surface area contributed by atoms with Gasteiger partial charge in [-0.05, 0) is 44.0 Å². The lowest BCUT2D eigenvalue weighted by atomic mass is 9.77. The van der Waals surface area contributed by atoms with Crippen molar-refractivity contribution in [2.45, 2.75) is 38.6 Å². The molecule has 2 rings (SSSR count). The van der Waals surface area contributed by atoms with Crippen LogP contribution < -0.4 is 5.32 Å². The fourth-order valence-corrected chi connectivity index (χ4v) is 3.09. The Morgan fingerprint density at radius 1 is 1.26 bits per heavy atom. The smallest absolute Gasteiger partial charge is 0.0197 e. The number of rotatable bonds is 7. The van der Waals surface area contributed by atoms with Gasteiger partial charge in [-0.25, -0.2) is 0 Å². The molecule has 106 valence electrons. The molecule has 1 aliphatic carbocycles. The Morgan fingerprint density at radius 2 is 2.00 bits per heavy atom. The molecule has 1 N–H and O–H groups in total. The van der Waals surface area contributed by atoms with Gasteiger partial charge in [-0.15, -0.1) is 0 Å². The molecule has 0 saturated carbocycles. The highest BCUT2D eigenvalue weighted by Gasteiger charge is 2.25. The first kappa shape index (κ1) is 14.5. The molecule has 0 spiro atoms. The fourth-order valence-electron chi connectivity index (χ4n) is 3.09. The van der Waals surface area contributed by atoms with Crippen molar-refractivity contribution in [3.05, 3.63) is 35.4 Å². The van der Waals surface area contributed by atoms with E-state index in [9.17, 15) is 0 Å². The molecule has 0 aromatic heterocycles. The lowest BCUT2D eigenvalue weighted by Crippen LogP contribution is -2.42. The average Bonchev–Trinajstić information content (AvgIpc) is 2.28. The summed E-state index contributed by atoms with van der Waals surface area (Å²) in [6.45, 7) is 6.88. The molecule has 2 unspecified atom stereocenters. The van der Waals surface area contributed by atoms with E-state index in [2.05, 4.69) is 62.4 Å². The molecular weight excluding hydrogens is 232 g/mol. The lowest BCUT2D eigenvalue weighted by molar-refractivity contribution is 0.299. The third kappa shape index (κ3) is 4.05. The SMILES string of the molecule is CC(C)CC(CN(C)C)NCC1Cc2ccccc21. The molecule has 0 fully saturated rings. The molecule has 2 nitrogen and oxygen atoms in total. The van der Waals surface area contributed by atoms with Gasteiger partial charge in [-0.2, -0.15) is 0 Å². The van der Waals surface area contributed by atoms with Crippen LogP contribution in [0.15, 0.2) is 24.3 Å². The van der Waals surface area contributed by atoms with E-state index in [-0.39, 0.29) is 0 Å². The standard InChI is InChI=1S/C17H28N2/c1-13(2)9-16(12-19(3)4)18-11-15-10-14-7-5-6-8-17(14)15/h5-8,13,15-16,18H,9-12H2,1-4H3. The van der Waals surface area contributed by atoms with Crippen LogP contribution in [-0.4, -0.2) is 38.1 Å². The van der Waals surface area contributed by atoms with Gasteiger partial charge in [0.15, 0.2) is 0 Å². The molecule has 2 atom stereocenters. The minimum atomic E-state index is 0.614. The Bertz CT molecular complexity index is 388. The number of nitrogens with one attached hydrogen (secondary N) is 1. The Labute approximate surface area is 118 Å².